The zero-order valence-electron chi connectivity index (χ0n) is 18.9. The number of amides is 2. The molecule has 2 amide bonds. The highest BCUT2D eigenvalue weighted by atomic mass is 16.2. The summed E-state index contributed by atoms with van der Waals surface area (Å²) in [6.45, 7) is 3.41. The summed E-state index contributed by atoms with van der Waals surface area (Å²) < 4.78 is 0. The smallest absolute Gasteiger partial charge is 0.267 e. The number of carbonyl (C=O) groups is 2. The maximum Gasteiger partial charge on any atom is 0.267 e. The van der Waals surface area contributed by atoms with Gasteiger partial charge in [0.15, 0.2) is 5.82 Å². The first kappa shape index (κ1) is 22.8. The molecule has 0 aliphatic rings. The van der Waals surface area contributed by atoms with Gasteiger partial charge in [0.2, 0.25) is 5.91 Å². The van der Waals surface area contributed by atoms with Crippen LogP contribution in [0.15, 0.2) is 66.7 Å². The van der Waals surface area contributed by atoms with Crippen LogP contribution in [0.5, 0.6) is 0 Å². The third kappa shape index (κ3) is 6.10. The van der Waals surface area contributed by atoms with Crippen LogP contribution in [0.2, 0.25) is 0 Å². The average molecular weight is 458 g/mol. The van der Waals surface area contributed by atoms with Crippen LogP contribution >= 0.6 is 0 Å². The summed E-state index contributed by atoms with van der Waals surface area (Å²) >= 11 is 0. The zero-order valence-corrected chi connectivity index (χ0v) is 18.9. The molecule has 2 heterocycles. The molecule has 4 rings (SSSR count). The quantitative estimate of drug-likeness (QED) is 0.233. The van der Waals surface area contributed by atoms with Crippen molar-refractivity contribution < 1.29 is 9.59 Å². The van der Waals surface area contributed by atoms with Gasteiger partial charge in [0.05, 0.1) is 0 Å². The average Bonchev–Trinajstić information content (AvgIpc) is 3.29. The third-order valence-electron chi connectivity index (χ3n) is 5.05. The van der Waals surface area contributed by atoms with E-state index in [2.05, 4.69) is 36.2 Å². The molecule has 2 aromatic heterocycles. The van der Waals surface area contributed by atoms with Crippen molar-refractivity contribution in [2.24, 2.45) is 0 Å². The standard InChI is InChI=1S/C25H27N7O2/c1-17(33)26-11-12-27-22-16-23(32-24(31-22)18-7-3-2-4-8-18)28-13-14-29-25(34)21-15-19-9-5-6-10-20(19)30-21/h2-10,15-16,30H,11-14H2,1H3,(H,26,33)(H,29,34)(H2,27,28,31,32). The molecule has 0 unspecified atom stereocenters. The van der Waals surface area contributed by atoms with Crippen LogP contribution < -0.4 is 21.3 Å². The highest BCUT2D eigenvalue weighted by Gasteiger charge is 2.10. The van der Waals surface area contributed by atoms with Gasteiger partial charge in [-0.2, -0.15) is 0 Å². The molecule has 5 N–H and O–H groups in total. The van der Waals surface area contributed by atoms with Crippen LogP contribution in [0.1, 0.15) is 17.4 Å². The maximum atomic E-state index is 12.5. The SMILES string of the molecule is CC(=O)NCCNc1cc(NCCNC(=O)c2cc3ccccc3[nH]2)nc(-c2ccccc2)n1. The fourth-order valence-corrected chi connectivity index (χ4v) is 3.43. The first-order valence-electron chi connectivity index (χ1n) is 11.1. The Bertz CT molecular complexity index is 1240. The summed E-state index contributed by atoms with van der Waals surface area (Å²) in [5, 5.41) is 13.1. The summed E-state index contributed by atoms with van der Waals surface area (Å²) in [7, 11) is 0. The molecule has 4 aromatic rings. The van der Waals surface area contributed by atoms with Crippen molar-refractivity contribution in [3.05, 3.63) is 72.4 Å². The molecular formula is C25H27N7O2. The van der Waals surface area contributed by atoms with Crippen LogP contribution in [0, 0.1) is 0 Å². The van der Waals surface area contributed by atoms with Gasteiger partial charge in [-0.3, -0.25) is 9.59 Å². The van der Waals surface area contributed by atoms with Crippen LogP contribution in [0.3, 0.4) is 0 Å². The Balaban J connectivity index is 1.37. The minimum absolute atomic E-state index is 0.0775. The lowest BCUT2D eigenvalue weighted by Crippen LogP contribution is -2.29. The number of fused-ring (bicyclic) bond motifs is 1. The highest BCUT2D eigenvalue weighted by molar-refractivity contribution is 5.97. The zero-order chi connectivity index (χ0) is 23.8. The van der Waals surface area contributed by atoms with E-state index in [1.165, 1.54) is 6.92 Å². The van der Waals surface area contributed by atoms with Crippen molar-refractivity contribution in [2.75, 3.05) is 36.8 Å². The van der Waals surface area contributed by atoms with Crippen molar-refractivity contribution in [3.63, 3.8) is 0 Å². The van der Waals surface area contributed by atoms with E-state index >= 15 is 0 Å². The molecule has 9 heteroatoms. The molecule has 0 saturated carbocycles. The fourth-order valence-electron chi connectivity index (χ4n) is 3.43. The molecule has 0 radical (unpaired) electrons. The first-order valence-corrected chi connectivity index (χ1v) is 11.1. The van der Waals surface area contributed by atoms with E-state index in [1.54, 1.807) is 6.07 Å². The van der Waals surface area contributed by atoms with Crippen LogP contribution in [0.4, 0.5) is 11.6 Å². The van der Waals surface area contributed by atoms with Crippen molar-refractivity contribution >= 4 is 34.4 Å². The van der Waals surface area contributed by atoms with Crippen LogP contribution in [-0.4, -0.2) is 52.9 Å². The van der Waals surface area contributed by atoms with E-state index in [-0.39, 0.29) is 11.8 Å². The number of aromatic nitrogens is 3. The summed E-state index contributed by atoms with van der Waals surface area (Å²) in [6, 6.07) is 21.1. The minimum Gasteiger partial charge on any atom is -0.368 e. The number of hydrogen-bond donors (Lipinski definition) is 5. The predicted octanol–water partition coefficient (Wildman–Crippen LogP) is 3.01. The topological polar surface area (TPSA) is 124 Å². The first-order chi connectivity index (χ1) is 16.6. The van der Waals surface area contributed by atoms with E-state index in [9.17, 15) is 9.59 Å². The van der Waals surface area contributed by atoms with E-state index < -0.39 is 0 Å². The Kier molecular flexibility index (Phi) is 7.34. The number of nitrogens with one attached hydrogen (secondary N) is 5. The molecule has 0 bridgehead atoms. The molecule has 0 aliphatic heterocycles. The Hall–Kier alpha value is -4.40. The monoisotopic (exact) mass is 457 g/mol. The molecule has 0 aliphatic carbocycles. The second-order valence-corrected chi connectivity index (χ2v) is 7.69. The van der Waals surface area contributed by atoms with Gasteiger partial charge < -0.3 is 26.3 Å². The van der Waals surface area contributed by atoms with Crippen molar-refractivity contribution in [1.82, 2.24) is 25.6 Å². The Labute approximate surface area is 197 Å². The van der Waals surface area contributed by atoms with Gasteiger partial charge >= 0.3 is 0 Å². The molecule has 0 fully saturated rings. The Morgan fingerprint density at radius 3 is 2.12 bits per heavy atom. The van der Waals surface area contributed by atoms with Crippen molar-refractivity contribution in [2.45, 2.75) is 6.92 Å². The van der Waals surface area contributed by atoms with Gasteiger partial charge in [-0.15, -0.1) is 0 Å². The second-order valence-electron chi connectivity index (χ2n) is 7.69. The molecule has 0 atom stereocenters. The maximum absolute atomic E-state index is 12.5. The minimum atomic E-state index is -0.161. The largest absolute Gasteiger partial charge is 0.368 e. The van der Waals surface area contributed by atoms with Gasteiger partial charge in [-0.05, 0) is 12.1 Å². The lowest BCUT2D eigenvalue weighted by atomic mass is 10.2. The van der Waals surface area contributed by atoms with Crippen molar-refractivity contribution in [3.8, 4) is 11.4 Å². The van der Waals surface area contributed by atoms with Gasteiger partial charge in [0, 0.05) is 55.6 Å². The number of hydrogen-bond acceptors (Lipinski definition) is 6. The number of carbonyl (C=O) groups excluding carboxylic acids is 2. The Morgan fingerprint density at radius 1 is 0.794 bits per heavy atom. The number of rotatable bonds is 10. The number of benzene rings is 2. The van der Waals surface area contributed by atoms with Gasteiger partial charge in [0.1, 0.15) is 17.3 Å². The van der Waals surface area contributed by atoms with E-state index in [1.807, 2.05) is 60.7 Å². The van der Waals surface area contributed by atoms with Crippen molar-refractivity contribution in [1.29, 1.82) is 0 Å². The highest BCUT2D eigenvalue weighted by Crippen LogP contribution is 2.20. The lowest BCUT2D eigenvalue weighted by molar-refractivity contribution is -0.118. The summed E-state index contributed by atoms with van der Waals surface area (Å²) in [4.78, 5) is 35.9. The summed E-state index contributed by atoms with van der Waals surface area (Å²) in [5.41, 5.74) is 2.35. The number of aromatic amines is 1. The normalized spacial score (nSPS) is 10.6. The molecule has 0 spiro atoms. The molecular weight excluding hydrogens is 430 g/mol. The molecule has 0 saturated heterocycles. The van der Waals surface area contributed by atoms with E-state index in [0.29, 0.717) is 49.3 Å². The fraction of sp³-hybridized carbons (Fsp3) is 0.200. The molecule has 2 aromatic carbocycles. The van der Waals surface area contributed by atoms with Gasteiger partial charge in [-0.1, -0.05) is 48.5 Å². The van der Waals surface area contributed by atoms with E-state index in [4.69, 9.17) is 0 Å². The predicted molar refractivity (Wildman–Crippen MR) is 134 cm³/mol. The third-order valence-corrected chi connectivity index (χ3v) is 5.05. The molecule has 9 nitrogen and oxygen atoms in total. The number of para-hydroxylation sites is 1. The van der Waals surface area contributed by atoms with Crippen LogP contribution in [0.25, 0.3) is 22.3 Å². The van der Waals surface area contributed by atoms with E-state index in [0.717, 1.165) is 16.5 Å². The van der Waals surface area contributed by atoms with Gasteiger partial charge in [0.25, 0.3) is 5.91 Å². The van der Waals surface area contributed by atoms with Gasteiger partial charge in [-0.25, -0.2) is 9.97 Å². The summed E-state index contributed by atoms with van der Waals surface area (Å²) in [5.74, 6) is 1.62. The lowest BCUT2D eigenvalue weighted by Gasteiger charge is -2.12. The molecule has 174 valence electrons. The Morgan fingerprint density at radius 2 is 1.44 bits per heavy atom. The van der Waals surface area contributed by atoms with Crippen LogP contribution in [-0.2, 0) is 4.79 Å². The summed E-state index contributed by atoms with van der Waals surface area (Å²) in [6.07, 6.45) is 0. The molecule has 34 heavy (non-hydrogen) atoms. The number of nitrogens with zero attached hydrogens (tertiary/aromatic N) is 2. The second kappa shape index (κ2) is 11.0. The number of anilines is 2. The number of H-pyrrole nitrogens is 1.